The number of benzene rings is 1. The van der Waals surface area contributed by atoms with Crippen LogP contribution in [0.3, 0.4) is 0 Å². The van der Waals surface area contributed by atoms with Crippen molar-refractivity contribution in [3.63, 3.8) is 0 Å². The van der Waals surface area contributed by atoms with Crippen molar-refractivity contribution in [2.45, 2.75) is 46.7 Å². The van der Waals surface area contributed by atoms with E-state index in [9.17, 15) is 9.59 Å². The minimum absolute atomic E-state index is 0.00805. The molecule has 0 spiro atoms. The van der Waals surface area contributed by atoms with Gasteiger partial charge in [0.15, 0.2) is 5.78 Å². The maximum atomic E-state index is 12.5. The Bertz CT molecular complexity index is 988. The Morgan fingerprint density at radius 3 is 2.57 bits per heavy atom. The van der Waals surface area contributed by atoms with E-state index in [0.29, 0.717) is 17.8 Å². The molecule has 1 atom stereocenters. The van der Waals surface area contributed by atoms with Crippen molar-refractivity contribution in [2.75, 3.05) is 0 Å². The molecule has 7 heteroatoms. The Labute approximate surface area is 164 Å². The summed E-state index contributed by atoms with van der Waals surface area (Å²) in [4.78, 5) is 24.2. The highest BCUT2D eigenvalue weighted by Gasteiger charge is 2.20. The number of carbonyl (C=O) groups is 2. The van der Waals surface area contributed by atoms with Gasteiger partial charge >= 0.3 is 0 Å². The van der Waals surface area contributed by atoms with E-state index in [4.69, 9.17) is 0 Å². The molecule has 7 nitrogen and oxygen atoms in total. The molecule has 0 aliphatic heterocycles. The van der Waals surface area contributed by atoms with Crippen LogP contribution >= 0.6 is 0 Å². The first-order chi connectivity index (χ1) is 13.4. The Morgan fingerprint density at radius 1 is 1.21 bits per heavy atom. The standard InChI is InChI=1S/C21H25N5O2/c1-13(26-15(3)20(16(4)27)14(2)25-26)10-19(28)22-11-18-12-23-24-21(18)17-8-6-5-7-9-17/h5-9,12-13H,10-11H2,1-4H3,(H,22,28)(H,23,24)/t13-/m0/s1. The maximum absolute atomic E-state index is 12.5. The van der Waals surface area contributed by atoms with Crippen LogP contribution in [0.1, 0.15) is 53.6 Å². The molecule has 0 fully saturated rings. The Balaban J connectivity index is 1.64. The van der Waals surface area contributed by atoms with E-state index in [1.807, 2.05) is 51.1 Å². The predicted molar refractivity (Wildman–Crippen MR) is 107 cm³/mol. The molecular formula is C21H25N5O2. The van der Waals surface area contributed by atoms with Crippen LogP contribution in [-0.2, 0) is 11.3 Å². The van der Waals surface area contributed by atoms with Crippen LogP contribution in [0.4, 0.5) is 0 Å². The monoisotopic (exact) mass is 379 g/mol. The lowest BCUT2D eigenvalue weighted by atomic mass is 10.1. The highest BCUT2D eigenvalue weighted by Crippen LogP contribution is 2.22. The third-order valence-corrected chi connectivity index (χ3v) is 4.83. The highest BCUT2D eigenvalue weighted by atomic mass is 16.1. The van der Waals surface area contributed by atoms with Crippen molar-refractivity contribution in [1.29, 1.82) is 0 Å². The van der Waals surface area contributed by atoms with Gasteiger partial charge in [-0.1, -0.05) is 30.3 Å². The summed E-state index contributed by atoms with van der Waals surface area (Å²) in [5.74, 6) is -0.0871. The first-order valence-electron chi connectivity index (χ1n) is 9.29. The van der Waals surface area contributed by atoms with Crippen LogP contribution in [0, 0.1) is 13.8 Å². The van der Waals surface area contributed by atoms with E-state index in [-0.39, 0.29) is 24.2 Å². The molecule has 2 aromatic heterocycles. The molecule has 0 saturated carbocycles. The molecule has 0 bridgehead atoms. The van der Waals surface area contributed by atoms with Crippen molar-refractivity contribution in [1.82, 2.24) is 25.3 Å². The second-order valence-electron chi connectivity index (χ2n) is 7.01. The van der Waals surface area contributed by atoms with Crippen molar-refractivity contribution >= 4 is 11.7 Å². The van der Waals surface area contributed by atoms with Gasteiger partial charge in [0.05, 0.1) is 29.2 Å². The number of Topliss-reactive ketones (excluding diaryl/α,β-unsaturated/α-hetero) is 1. The van der Waals surface area contributed by atoms with E-state index in [0.717, 1.165) is 22.5 Å². The molecule has 3 rings (SSSR count). The van der Waals surface area contributed by atoms with Crippen LogP contribution in [0.2, 0.25) is 0 Å². The van der Waals surface area contributed by atoms with Crippen LogP contribution in [0.15, 0.2) is 36.5 Å². The lowest BCUT2D eigenvalue weighted by Gasteiger charge is -2.14. The molecule has 0 radical (unpaired) electrons. The first kappa shape index (κ1) is 19.5. The van der Waals surface area contributed by atoms with E-state index in [1.165, 1.54) is 6.92 Å². The number of hydrogen-bond donors (Lipinski definition) is 2. The maximum Gasteiger partial charge on any atom is 0.222 e. The largest absolute Gasteiger partial charge is 0.352 e. The molecule has 1 aromatic carbocycles. The number of ketones is 1. The number of hydrogen-bond acceptors (Lipinski definition) is 4. The molecule has 0 aliphatic carbocycles. The molecular weight excluding hydrogens is 354 g/mol. The van der Waals surface area contributed by atoms with Crippen molar-refractivity contribution < 1.29 is 9.59 Å². The van der Waals surface area contributed by atoms with E-state index < -0.39 is 0 Å². The molecule has 28 heavy (non-hydrogen) atoms. The number of rotatable bonds is 7. The van der Waals surface area contributed by atoms with Gasteiger partial charge in [0, 0.05) is 24.2 Å². The summed E-state index contributed by atoms with van der Waals surface area (Å²) in [5.41, 5.74) is 4.99. The van der Waals surface area contributed by atoms with Crippen molar-refractivity contribution in [2.24, 2.45) is 0 Å². The minimum Gasteiger partial charge on any atom is -0.352 e. The van der Waals surface area contributed by atoms with Crippen LogP contribution in [-0.4, -0.2) is 31.7 Å². The summed E-state index contributed by atoms with van der Waals surface area (Å²) >= 11 is 0. The van der Waals surface area contributed by atoms with Gasteiger partial charge < -0.3 is 5.32 Å². The molecule has 0 saturated heterocycles. The zero-order chi connectivity index (χ0) is 20.3. The topological polar surface area (TPSA) is 92.7 Å². The van der Waals surface area contributed by atoms with Crippen LogP contribution in [0.25, 0.3) is 11.3 Å². The summed E-state index contributed by atoms with van der Waals surface area (Å²) in [6.45, 7) is 7.53. The van der Waals surface area contributed by atoms with Crippen LogP contribution < -0.4 is 5.32 Å². The average molecular weight is 379 g/mol. The Kier molecular flexibility index (Phi) is 5.73. The minimum atomic E-state index is -0.148. The number of amides is 1. The summed E-state index contributed by atoms with van der Waals surface area (Å²) in [6.07, 6.45) is 2.00. The summed E-state index contributed by atoms with van der Waals surface area (Å²) < 4.78 is 1.76. The lowest BCUT2D eigenvalue weighted by molar-refractivity contribution is -0.122. The normalized spacial score (nSPS) is 12.0. The molecule has 2 N–H and O–H groups in total. The summed E-state index contributed by atoms with van der Waals surface area (Å²) in [5, 5.41) is 14.5. The van der Waals surface area contributed by atoms with Gasteiger partial charge in [-0.3, -0.25) is 19.4 Å². The number of nitrogens with zero attached hydrogens (tertiary/aromatic N) is 3. The average Bonchev–Trinajstić information content (AvgIpc) is 3.24. The van der Waals surface area contributed by atoms with Gasteiger partial charge in [-0.05, 0) is 33.3 Å². The first-order valence-corrected chi connectivity index (χ1v) is 9.29. The van der Waals surface area contributed by atoms with Gasteiger partial charge in [0.1, 0.15) is 0 Å². The fraction of sp³-hybridized carbons (Fsp3) is 0.333. The molecule has 3 aromatic rings. The molecule has 146 valence electrons. The van der Waals surface area contributed by atoms with E-state index in [2.05, 4.69) is 20.6 Å². The van der Waals surface area contributed by atoms with Crippen LogP contribution in [0.5, 0.6) is 0 Å². The fourth-order valence-corrected chi connectivity index (χ4v) is 3.52. The highest BCUT2D eigenvalue weighted by molar-refractivity contribution is 5.96. The van der Waals surface area contributed by atoms with Crippen molar-refractivity contribution in [3.8, 4) is 11.3 Å². The van der Waals surface area contributed by atoms with Gasteiger partial charge in [-0.25, -0.2) is 0 Å². The molecule has 2 heterocycles. The third kappa shape index (κ3) is 4.03. The van der Waals surface area contributed by atoms with Gasteiger partial charge in [0.25, 0.3) is 0 Å². The van der Waals surface area contributed by atoms with Gasteiger partial charge in [-0.15, -0.1) is 0 Å². The molecule has 1 amide bonds. The third-order valence-electron chi connectivity index (χ3n) is 4.83. The quantitative estimate of drug-likeness (QED) is 0.616. The summed E-state index contributed by atoms with van der Waals surface area (Å²) in [6, 6.07) is 9.73. The SMILES string of the molecule is CC(=O)c1c(C)nn([C@@H](C)CC(=O)NCc2cn[nH]c2-c2ccccc2)c1C. The number of aromatic amines is 1. The number of aryl methyl sites for hydroxylation is 1. The fourth-order valence-electron chi connectivity index (χ4n) is 3.52. The van der Waals surface area contributed by atoms with Gasteiger partial charge in [-0.2, -0.15) is 10.2 Å². The lowest BCUT2D eigenvalue weighted by Crippen LogP contribution is -2.26. The van der Waals surface area contributed by atoms with Gasteiger partial charge in [0.2, 0.25) is 5.91 Å². The second-order valence-corrected chi connectivity index (χ2v) is 7.01. The zero-order valence-electron chi connectivity index (χ0n) is 16.6. The number of nitrogens with one attached hydrogen (secondary N) is 2. The van der Waals surface area contributed by atoms with Crippen molar-refractivity contribution in [3.05, 3.63) is 59.0 Å². The summed E-state index contributed by atoms with van der Waals surface area (Å²) in [7, 11) is 0. The van der Waals surface area contributed by atoms with E-state index in [1.54, 1.807) is 10.9 Å². The number of carbonyl (C=O) groups excluding carboxylic acids is 2. The van der Waals surface area contributed by atoms with E-state index >= 15 is 0 Å². The predicted octanol–water partition coefficient (Wildman–Crippen LogP) is 3.36. The number of H-pyrrole nitrogens is 1. The molecule has 0 aliphatic rings. The zero-order valence-corrected chi connectivity index (χ0v) is 16.6. The number of aromatic nitrogens is 4. The smallest absolute Gasteiger partial charge is 0.222 e. The molecule has 0 unspecified atom stereocenters. The second kappa shape index (κ2) is 8.21. The Morgan fingerprint density at radius 2 is 1.93 bits per heavy atom. The Hall–Kier alpha value is -3.22.